The molecule has 0 radical (unpaired) electrons. The van der Waals surface area contributed by atoms with Gasteiger partial charge >= 0.3 is 5.97 Å². The van der Waals surface area contributed by atoms with Crippen molar-refractivity contribution in [2.24, 2.45) is 11.3 Å². The number of esters is 1. The van der Waals surface area contributed by atoms with Gasteiger partial charge in [-0.2, -0.15) is 0 Å². The second-order valence-electron chi connectivity index (χ2n) is 6.35. The molecule has 104 valence electrons. The van der Waals surface area contributed by atoms with Gasteiger partial charge in [0.2, 0.25) is 0 Å². The van der Waals surface area contributed by atoms with E-state index in [1.807, 2.05) is 13.0 Å². The first-order chi connectivity index (χ1) is 8.92. The molecule has 2 aliphatic carbocycles. The average Bonchev–Trinajstić information content (AvgIpc) is 2.65. The molecule has 2 bridgehead atoms. The Kier molecular flexibility index (Phi) is 2.84. The van der Waals surface area contributed by atoms with E-state index >= 15 is 0 Å². The lowest BCUT2D eigenvalue weighted by Crippen LogP contribution is -2.48. The molecule has 0 aromatic rings. The van der Waals surface area contributed by atoms with Crippen LogP contribution in [0.4, 0.5) is 0 Å². The standard InChI is InChI=1S/C15H20O4/c1-8-10-4-3-9-7-15(2,6-5-11(9)16)13(17)12(10)19-14(8)18/h3,10-13,16-17H,1,4-7H2,2H3/b9-3+/t10-,11+,12-,13+,15+/m0/s1. The highest BCUT2D eigenvalue weighted by atomic mass is 16.6. The second-order valence-corrected chi connectivity index (χ2v) is 6.35. The smallest absolute Gasteiger partial charge is 0.334 e. The summed E-state index contributed by atoms with van der Waals surface area (Å²) in [7, 11) is 0. The fourth-order valence-corrected chi connectivity index (χ4v) is 3.65. The molecule has 4 heteroatoms. The summed E-state index contributed by atoms with van der Waals surface area (Å²) < 4.78 is 5.33. The minimum absolute atomic E-state index is 0.164. The molecule has 3 rings (SSSR count). The molecule has 19 heavy (non-hydrogen) atoms. The highest BCUT2D eigenvalue weighted by Gasteiger charge is 2.51. The molecule has 1 saturated heterocycles. The summed E-state index contributed by atoms with van der Waals surface area (Å²) in [5, 5.41) is 20.7. The molecule has 0 aromatic heterocycles. The minimum Gasteiger partial charge on any atom is -0.456 e. The SMILES string of the molecule is C=C1C(=O)O[C@@H]2[C@@H](O)[C@]3(C)CC[C@@H](O)/C(=C/C[C@@H]12)C3. The van der Waals surface area contributed by atoms with Crippen LogP contribution in [0.25, 0.3) is 0 Å². The van der Waals surface area contributed by atoms with E-state index in [-0.39, 0.29) is 11.3 Å². The molecule has 5 atom stereocenters. The number of carbonyl (C=O) groups is 1. The summed E-state index contributed by atoms with van der Waals surface area (Å²) in [6.07, 6.45) is 3.08. The van der Waals surface area contributed by atoms with Crippen molar-refractivity contribution in [3.8, 4) is 0 Å². The molecule has 4 nitrogen and oxygen atoms in total. The third kappa shape index (κ3) is 1.85. The lowest BCUT2D eigenvalue weighted by atomic mass is 9.64. The first kappa shape index (κ1) is 12.9. The Morgan fingerprint density at radius 3 is 2.95 bits per heavy atom. The van der Waals surface area contributed by atoms with E-state index in [1.54, 1.807) is 0 Å². The molecule has 2 N–H and O–H groups in total. The van der Waals surface area contributed by atoms with Gasteiger partial charge in [0.25, 0.3) is 0 Å². The fraction of sp³-hybridized carbons (Fsp3) is 0.667. The van der Waals surface area contributed by atoms with Gasteiger partial charge in [0.1, 0.15) is 6.10 Å². The minimum atomic E-state index is -0.697. The van der Waals surface area contributed by atoms with Gasteiger partial charge in [-0.25, -0.2) is 4.79 Å². The van der Waals surface area contributed by atoms with Crippen molar-refractivity contribution >= 4 is 5.97 Å². The monoisotopic (exact) mass is 264 g/mol. The molecule has 1 saturated carbocycles. The van der Waals surface area contributed by atoms with E-state index in [2.05, 4.69) is 6.58 Å². The number of allylic oxidation sites excluding steroid dienone is 1. The van der Waals surface area contributed by atoms with Crippen molar-refractivity contribution in [1.29, 1.82) is 0 Å². The zero-order chi connectivity index (χ0) is 13.8. The van der Waals surface area contributed by atoms with Crippen LogP contribution in [-0.2, 0) is 9.53 Å². The molecular weight excluding hydrogens is 244 g/mol. The average molecular weight is 264 g/mol. The molecule has 1 heterocycles. The molecular formula is C15H20O4. The van der Waals surface area contributed by atoms with Gasteiger partial charge in [-0.15, -0.1) is 0 Å². The number of rotatable bonds is 0. The number of carbonyl (C=O) groups excluding carboxylic acids is 1. The van der Waals surface area contributed by atoms with Crippen molar-refractivity contribution in [3.05, 3.63) is 23.8 Å². The lowest BCUT2D eigenvalue weighted by Gasteiger charge is -2.44. The number of aliphatic hydroxyl groups excluding tert-OH is 2. The highest BCUT2D eigenvalue weighted by Crippen LogP contribution is 2.48. The van der Waals surface area contributed by atoms with Crippen LogP contribution in [-0.4, -0.2) is 34.5 Å². The van der Waals surface area contributed by atoms with E-state index in [4.69, 9.17) is 4.74 Å². The predicted molar refractivity (Wildman–Crippen MR) is 69.2 cm³/mol. The Labute approximate surface area is 112 Å². The number of aliphatic hydroxyl groups is 2. The van der Waals surface area contributed by atoms with E-state index in [9.17, 15) is 15.0 Å². The summed E-state index contributed by atoms with van der Waals surface area (Å²) in [5.41, 5.74) is 1.09. The largest absolute Gasteiger partial charge is 0.456 e. The Morgan fingerprint density at radius 2 is 2.21 bits per heavy atom. The van der Waals surface area contributed by atoms with Crippen LogP contribution in [0.1, 0.15) is 32.6 Å². The molecule has 1 aliphatic heterocycles. The summed E-state index contributed by atoms with van der Waals surface area (Å²) in [5.74, 6) is -0.560. The van der Waals surface area contributed by atoms with Crippen LogP contribution in [0.3, 0.4) is 0 Å². The van der Waals surface area contributed by atoms with Gasteiger partial charge in [-0.3, -0.25) is 0 Å². The predicted octanol–water partition coefficient (Wildman–Crippen LogP) is 1.33. The van der Waals surface area contributed by atoms with E-state index in [1.165, 1.54) is 0 Å². The maximum Gasteiger partial charge on any atom is 0.334 e. The van der Waals surface area contributed by atoms with Crippen LogP contribution < -0.4 is 0 Å². The molecule has 2 fully saturated rings. The van der Waals surface area contributed by atoms with Crippen molar-refractivity contribution in [1.82, 2.24) is 0 Å². The van der Waals surface area contributed by atoms with Gasteiger partial charge in [0, 0.05) is 16.9 Å². The van der Waals surface area contributed by atoms with Gasteiger partial charge < -0.3 is 14.9 Å². The van der Waals surface area contributed by atoms with Crippen LogP contribution in [0.15, 0.2) is 23.8 Å². The Balaban J connectivity index is 2.01. The first-order valence-corrected chi connectivity index (χ1v) is 6.87. The van der Waals surface area contributed by atoms with Crippen molar-refractivity contribution in [2.75, 3.05) is 0 Å². The third-order valence-electron chi connectivity index (χ3n) is 5.03. The Hall–Kier alpha value is -1.13. The van der Waals surface area contributed by atoms with Gasteiger partial charge in [0.05, 0.1) is 12.2 Å². The normalized spacial score (nSPS) is 48.7. The van der Waals surface area contributed by atoms with Crippen LogP contribution in [0.2, 0.25) is 0 Å². The van der Waals surface area contributed by atoms with Crippen molar-refractivity contribution < 1.29 is 19.7 Å². The molecule has 0 aromatic carbocycles. The third-order valence-corrected chi connectivity index (χ3v) is 5.03. The quantitative estimate of drug-likeness (QED) is 0.393. The van der Waals surface area contributed by atoms with Gasteiger partial charge in [0.15, 0.2) is 0 Å². The fourth-order valence-electron chi connectivity index (χ4n) is 3.65. The van der Waals surface area contributed by atoms with Crippen molar-refractivity contribution in [2.45, 2.75) is 50.9 Å². The molecule has 3 aliphatic rings. The topological polar surface area (TPSA) is 66.8 Å². The Morgan fingerprint density at radius 1 is 1.47 bits per heavy atom. The lowest BCUT2D eigenvalue weighted by molar-refractivity contribution is -0.151. The molecule has 0 amide bonds. The van der Waals surface area contributed by atoms with Crippen LogP contribution >= 0.6 is 0 Å². The number of hydrogen-bond acceptors (Lipinski definition) is 4. The van der Waals surface area contributed by atoms with Crippen molar-refractivity contribution in [3.63, 3.8) is 0 Å². The summed E-state index contributed by atoms with van der Waals surface area (Å²) in [6.45, 7) is 5.79. The molecule has 0 unspecified atom stereocenters. The maximum atomic E-state index is 11.7. The van der Waals surface area contributed by atoms with E-state index in [0.29, 0.717) is 24.8 Å². The Bertz CT molecular complexity index is 467. The van der Waals surface area contributed by atoms with E-state index in [0.717, 1.165) is 12.0 Å². The first-order valence-electron chi connectivity index (χ1n) is 6.87. The number of ether oxygens (including phenoxy) is 1. The van der Waals surface area contributed by atoms with Crippen LogP contribution in [0, 0.1) is 11.3 Å². The maximum absolute atomic E-state index is 11.7. The van der Waals surface area contributed by atoms with Gasteiger partial charge in [-0.05, 0) is 31.3 Å². The number of hydrogen-bond donors (Lipinski definition) is 2. The molecule has 0 spiro atoms. The highest BCUT2D eigenvalue weighted by molar-refractivity contribution is 5.91. The second kappa shape index (κ2) is 4.18. The zero-order valence-electron chi connectivity index (χ0n) is 11.1. The summed E-state index contributed by atoms with van der Waals surface area (Å²) in [6, 6.07) is 0. The van der Waals surface area contributed by atoms with Gasteiger partial charge in [-0.1, -0.05) is 19.6 Å². The zero-order valence-corrected chi connectivity index (χ0v) is 11.1. The van der Waals surface area contributed by atoms with Crippen LogP contribution in [0.5, 0.6) is 0 Å². The summed E-state index contributed by atoms with van der Waals surface area (Å²) in [4.78, 5) is 11.7. The van der Waals surface area contributed by atoms with E-state index < -0.39 is 24.3 Å². The summed E-state index contributed by atoms with van der Waals surface area (Å²) >= 11 is 0. The number of fused-ring (bicyclic) bond motifs is 3.